The summed E-state index contributed by atoms with van der Waals surface area (Å²) >= 11 is 0. The molecule has 2 aromatic rings. The summed E-state index contributed by atoms with van der Waals surface area (Å²) in [6.45, 7) is 1.69. The molecule has 0 saturated heterocycles. The molecule has 0 aliphatic rings. The highest BCUT2D eigenvalue weighted by Gasteiger charge is 1.98. The van der Waals surface area contributed by atoms with Crippen molar-refractivity contribution < 1.29 is 5.11 Å². The number of aryl methyl sites for hydroxylation is 1. The average molecular weight is 241 g/mol. The van der Waals surface area contributed by atoms with Crippen LogP contribution in [0.25, 0.3) is 0 Å². The topological polar surface area (TPSA) is 32.3 Å². The lowest BCUT2D eigenvalue weighted by Crippen LogP contribution is -2.15. The second kappa shape index (κ2) is 6.82. The predicted molar refractivity (Wildman–Crippen MR) is 74.6 cm³/mol. The lowest BCUT2D eigenvalue weighted by Gasteiger charge is -2.06. The molecule has 0 unspecified atom stereocenters. The normalized spacial score (nSPS) is 10.4. The Balaban J connectivity index is 1.66. The second-order valence-electron chi connectivity index (χ2n) is 4.39. The van der Waals surface area contributed by atoms with E-state index in [-0.39, 0.29) is 0 Å². The molecule has 0 bridgehead atoms. The monoisotopic (exact) mass is 241 g/mol. The maximum absolute atomic E-state index is 9.61. The number of nitrogens with one attached hydrogen (secondary N) is 1. The van der Waals surface area contributed by atoms with Crippen molar-refractivity contribution in [1.82, 2.24) is 5.32 Å². The van der Waals surface area contributed by atoms with E-state index in [9.17, 15) is 5.11 Å². The summed E-state index contributed by atoms with van der Waals surface area (Å²) in [5.41, 5.74) is 2.33. The molecule has 2 N–H and O–H groups in total. The van der Waals surface area contributed by atoms with Gasteiger partial charge in [-0.3, -0.25) is 0 Å². The van der Waals surface area contributed by atoms with Crippen LogP contribution in [0, 0.1) is 0 Å². The summed E-state index contributed by atoms with van der Waals surface area (Å²) in [7, 11) is 0. The van der Waals surface area contributed by atoms with E-state index in [4.69, 9.17) is 0 Å². The van der Waals surface area contributed by atoms with Gasteiger partial charge in [0.1, 0.15) is 5.75 Å². The molecule has 0 spiro atoms. The van der Waals surface area contributed by atoms with Gasteiger partial charge in [0.25, 0.3) is 0 Å². The smallest absolute Gasteiger partial charge is 0.120 e. The molecule has 2 heteroatoms. The zero-order valence-electron chi connectivity index (χ0n) is 10.5. The second-order valence-corrected chi connectivity index (χ2v) is 4.39. The fourth-order valence-corrected chi connectivity index (χ4v) is 1.95. The Kier molecular flexibility index (Phi) is 4.79. The Morgan fingerprint density at radius 1 is 0.889 bits per heavy atom. The summed E-state index contributed by atoms with van der Waals surface area (Å²) in [5.74, 6) is 0.369. The largest absolute Gasteiger partial charge is 0.508 e. The Morgan fingerprint density at radius 2 is 1.61 bits per heavy atom. The number of aromatic hydroxyl groups is 1. The van der Waals surface area contributed by atoms with Gasteiger partial charge in [0.05, 0.1) is 0 Å². The van der Waals surface area contributed by atoms with E-state index in [2.05, 4.69) is 29.6 Å². The summed E-state index contributed by atoms with van der Waals surface area (Å²) in [5, 5.41) is 13.0. The van der Waals surface area contributed by atoms with Crippen LogP contribution >= 0.6 is 0 Å². The van der Waals surface area contributed by atoms with Crippen LogP contribution in [0.1, 0.15) is 17.5 Å². The molecule has 2 aromatic carbocycles. The Hall–Kier alpha value is -1.80. The zero-order chi connectivity index (χ0) is 12.6. The van der Waals surface area contributed by atoms with E-state index >= 15 is 0 Å². The van der Waals surface area contributed by atoms with Gasteiger partial charge < -0.3 is 10.4 Å². The van der Waals surface area contributed by atoms with Crippen molar-refractivity contribution in [3.63, 3.8) is 0 Å². The van der Waals surface area contributed by atoms with Gasteiger partial charge in [-0.15, -0.1) is 0 Å². The quantitative estimate of drug-likeness (QED) is 0.762. The molecule has 0 heterocycles. The highest BCUT2D eigenvalue weighted by Crippen LogP contribution is 2.14. The molecular formula is C16H19NO. The molecule has 18 heavy (non-hydrogen) atoms. The maximum Gasteiger partial charge on any atom is 0.120 e. The van der Waals surface area contributed by atoms with Gasteiger partial charge in [-0.1, -0.05) is 48.5 Å². The first kappa shape index (κ1) is 12.7. The number of benzene rings is 2. The fourth-order valence-electron chi connectivity index (χ4n) is 1.95. The van der Waals surface area contributed by atoms with E-state index in [0.717, 1.165) is 31.5 Å². The molecule has 0 fully saturated rings. The van der Waals surface area contributed by atoms with E-state index in [0.29, 0.717) is 5.75 Å². The minimum atomic E-state index is 0.369. The van der Waals surface area contributed by atoms with Gasteiger partial charge in [-0.2, -0.15) is 0 Å². The SMILES string of the molecule is Oc1ccccc1CNCCCc1ccccc1. The average Bonchev–Trinajstić information content (AvgIpc) is 2.42. The Morgan fingerprint density at radius 3 is 2.39 bits per heavy atom. The third-order valence-electron chi connectivity index (χ3n) is 2.97. The van der Waals surface area contributed by atoms with Crippen molar-refractivity contribution in [2.45, 2.75) is 19.4 Å². The van der Waals surface area contributed by atoms with Crippen LogP contribution in [-0.4, -0.2) is 11.7 Å². The highest BCUT2D eigenvalue weighted by atomic mass is 16.3. The summed E-state index contributed by atoms with van der Waals surface area (Å²) in [4.78, 5) is 0. The summed E-state index contributed by atoms with van der Waals surface area (Å²) in [6.07, 6.45) is 2.20. The fraction of sp³-hybridized carbons (Fsp3) is 0.250. The van der Waals surface area contributed by atoms with Crippen molar-refractivity contribution in [2.75, 3.05) is 6.54 Å². The van der Waals surface area contributed by atoms with E-state index in [1.54, 1.807) is 6.07 Å². The molecule has 0 aliphatic carbocycles. The van der Waals surface area contributed by atoms with Gasteiger partial charge in [-0.25, -0.2) is 0 Å². The molecule has 0 saturated carbocycles. The number of para-hydroxylation sites is 1. The first-order valence-electron chi connectivity index (χ1n) is 6.38. The van der Waals surface area contributed by atoms with Crippen molar-refractivity contribution in [3.05, 3.63) is 65.7 Å². The molecule has 0 aliphatic heterocycles. The number of rotatable bonds is 6. The predicted octanol–water partition coefficient (Wildman–Crippen LogP) is 3.11. The lowest BCUT2D eigenvalue weighted by molar-refractivity contribution is 0.464. The number of phenols is 1. The Bertz CT molecular complexity index is 468. The van der Waals surface area contributed by atoms with Gasteiger partial charge in [0, 0.05) is 12.1 Å². The highest BCUT2D eigenvalue weighted by molar-refractivity contribution is 5.31. The van der Waals surface area contributed by atoms with Gasteiger partial charge in [0.2, 0.25) is 0 Å². The van der Waals surface area contributed by atoms with Gasteiger partial charge in [-0.05, 0) is 31.0 Å². The first-order chi connectivity index (χ1) is 8.86. The van der Waals surface area contributed by atoms with E-state index in [1.165, 1.54) is 5.56 Å². The van der Waals surface area contributed by atoms with Crippen LogP contribution in [0.4, 0.5) is 0 Å². The van der Waals surface area contributed by atoms with Crippen LogP contribution in [-0.2, 0) is 13.0 Å². The molecular weight excluding hydrogens is 222 g/mol. The summed E-state index contributed by atoms with van der Waals surface area (Å²) < 4.78 is 0. The lowest BCUT2D eigenvalue weighted by atomic mass is 10.1. The van der Waals surface area contributed by atoms with Crippen LogP contribution in [0.3, 0.4) is 0 Å². The van der Waals surface area contributed by atoms with Crippen molar-refractivity contribution in [2.24, 2.45) is 0 Å². The van der Waals surface area contributed by atoms with Crippen molar-refractivity contribution in [3.8, 4) is 5.75 Å². The molecule has 0 atom stereocenters. The van der Waals surface area contributed by atoms with E-state index < -0.39 is 0 Å². The number of hydrogen-bond acceptors (Lipinski definition) is 2. The van der Waals surface area contributed by atoms with E-state index in [1.807, 2.05) is 24.3 Å². The summed E-state index contributed by atoms with van der Waals surface area (Å²) in [6, 6.07) is 18.0. The van der Waals surface area contributed by atoms with Gasteiger partial charge in [0.15, 0.2) is 0 Å². The van der Waals surface area contributed by atoms with Gasteiger partial charge >= 0.3 is 0 Å². The molecule has 2 rings (SSSR count). The van der Waals surface area contributed by atoms with Crippen molar-refractivity contribution >= 4 is 0 Å². The minimum absolute atomic E-state index is 0.369. The molecule has 0 aromatic heterocycles. The van der Waals surface area contributed by atoms with Crippen molar-refractivity contribution in [1.29, 1.82) is 0 Å². The van der Waals surface area contributed by atoms with Crippen LogP contribution < -0.4 is 5.32 Å². The molecule has 2 nitrogen and oxygen atoms in total. The number of phenolic OH excluding ortho intramolecular Hbond substituents is 1. The first-order valence-corrected chi connectivity index (χ1v) is 6.38. The molecule has 0 amide bonds. The Labute approximate surface area is 108 Å². The molecule has 0 radical (unpaired) electrons. The maximum atomic E-state index is 9.61. The standard InChI is InChI=1S/C16H19NO/c18-16-11-5-4-10-15(16)13-17-12-6-9-14-7-2-1-3-8-14/h1-5,7-8,10-11,17-18H,6,9,12-13H2. The van der Waals surface area contributed by atoms with Crippen LogP contribution in [0.5, 0.6) is 5.75 Å². The van der Waals surface area contributed by atoms with Crippen LogP contribution in [0.15, 0.2) is 54.6 Å². The number of hydrogen-bond donors (Lipinski definition) is 2. The third-order valence-corrected chi connectivity index (χ3v) is 2.97. The molecule has 94 valence electrons. The third kappa shape index (κ3) is 3.90. The zero-order valence-corrected chi connectivity index (χ0v) is 10.5. The minimum Gasteiger partial charge on any atom is -0.508 e. The van der Waals surface area contributed by atoms with Crippen LogP contribution in [0.2, 0.25) is 0 Å².